The van der Waals surface area contributed by atoms with Gasteiger partial charge >= 0.3 is 0 Å². The third-order valence-corrected chi connectivity index (χ3v) is 4.02. The molecule has 0 aromatic carbocycles. The van der Waals surface area contributed by atoms with E-state index in [0.717, 1.165) is 0 Å². The van der Waals surface area contributed by atoms with E-state index in [2.05, 4.69) is 57.6 Å². The molecule has 0 bridgehead atoms. The van der Waals surface area contributed by atoms with Gasteiger partial charge < -0.3 is 5.32 Å². The zero-order valence-corrected chi connectivity index (χ0v) is 12.0. The summed E-state index contributed by atoms with van der Waals surface area (Å²) in [7, 11) is 2.08. The second-order valence-corrected chi connectivity index (χ2v) is 6.45. The Morgan fingerprint density at radius 3 is 1.94 bits per heavy atom. The zero-order valence-electron chi connectivity index (χ0n) is 12.0. The van der Waals surface area contributed by atoms with E-state index >= 15 is 0 Å². The highest BCUT2D eigenvalue weighted by atomic mass is 15.3. The van der Waals surface area contributed by atoms with Crippen LogP contribution in [0.3, 0.4) is 0 Å². The zero-order chi connectivity index (χ0) is 14.2. The number of likely N-dealkylation sites (tertiary alicyclic amines) is 1. The van der Waals surface area contributed by atoms with Gasteiger partial charge in [0.05, 0.1) is 6.07 Å². The number of allylic oxidation sites excluding steroid dienone is 1. The SMILES string of the molecule is C=C(C#N)NC1(C#N)CC(C)(C)N(C)C(C)(C)C1. The van der Waals surface area contributed by atoms with E-state index in [4.69, 9.17) is 5.26 Å². The molecule has 1 N–H and O–H groups in total. The molecule has 0 aliphatic carbocycles. The standard InChI is InChI=1S/C14H22N4/c1-11(7-15)17-14(10-16)8-12(2,3)18(6)13(4,5)9-14/h17H,1,8-9H2,2-6H3. The van der Waals surface area contributed by atoms with Crippen molar-refractivity contribution < 1.29 is 0 Å². The minimum atomic E-state index is -0.716. The molecule has 4 heteroatoms. The van der Waals surface area contributed by atoms with Crippen molar-refractivity contribution in [2.75, 3.05) is 7.05 Å². The van der Waals surface area contributed by atoms with Crippen molar-refractivity contribution in [3.63, 3.8) is 0 Å². The first kappa shape index (κ1) is 14.5. The van der Waals surface area contributed by atoms with Crippen LogP contribution in [0.25, 0.3) is 0 Å². The van der Waals surface area contributed by atoms with Gasteiger partial charge in [0.25, 0.3) is 0 Å². The molecule has 1 fully saturated rings. The molecule has 0 unspecified atom stereocenters. The molecule has 18 heavy (non-hydrogen) atoms. The van der Waals surface area contributed by atoms with E-state index in [1.54, 1.807) is 0 Å². The average molecular weight is 246 g/mol. The summed E-state index contributed by atoms with van der Waals surface area (Å²) in [5, 5.41) is 21.4. The van der Waals surface area contributed by atoms with Crippen molar-refractivity contribution in [3.8, 4) is 12.1 Å². The van der Waals surface area contributed by atoms with Crippen LogP contribution in [-0.2, 0) is 0 Å². The molecule has 0 atom stereocenters. The first-order chi connectivity index (χ1) is 8.08. The van der Waals surface area contributed by atoms with Crippen molar-refractivity contribution in [2.24, 2.45) is 0 Å². The van der Waals surface area contributed by atoms with Crippen LogP contribution in [0, 0.1) is 22.7 Å². The Hall–Kier alpha value is -1.52. The molecule has 0 saturated carbocycles. The third-order valence-electron chi connectivity index (χ3n) is 4.02. The van der Waals surface area contributed by atoms with Crippen LogP contribution in [0.5, 0.6) is 0 Å². The minimum Gasteiger partial charge on any atom is -0.359 e. The van der Waals surface area contributed by atoms with Crippen LogP contribution in [0.1, 0.15) is 40.5 Å². The number of piperidine rings is 1. The Labute approximate surface area is 110 Å². The number of nitrogens with one attached hydrogen (secondary N) is 1. The lowest BCUT2D eigenvalue weighted by molar-refractivity contribution is -0.0328. The molecular formula is C14H22N4. The predicted octanol–water partition coefficient (Wildman–Crippen LogP) is 2.16. The van der Waals surface area contributed by atoms with Gasteiger partial charge in [0, 0.05) is 23.9 Å². The molecule has 0 aromatic rings. The summed E-state index contributed by atoms with van der Waals surface area (Å²) in [6, 6.07) is 4.33. The van der Waals surface area contributed by atoms with Gasteiger partial charge in [-0.3, -0.25) is 4.90 Å². The quantitative estimate of drug-likeness (QED) is 0.758. The largest absolute Gasteiger partial charge is 0.359 e. The van der Waals surface area contributed by atoms with Crippen molar-refractivity contribution in [1.82, 2.24) is 10.2 Å². The lowest BCUT2D eigenvalue weighted by atomic mass is 9.70. The topological polar surface area (TPSA) is 62.9 Å². The second-order valence-electron chi connectivity index (χ2n) is 6.45. The predicted molar refractivity (Wildman–Crippen MR) is 71.4 cm³/mol. The van der Waals surface area contributed by atoms with Gasteiger partial charge in [0.2, 0.25) is 0 Å². The third kappa shape index (κ3) is 2.49. The Kier molecular flexibility index (Phi) is 3.47. The number of hydrogen-bond donors (Lipinski definition) is 1. The molecule has 1 rings (SSSR count). The second kappa shape index (κ2) is 4.30. The van der Waals surface area contributed by atoms with Crippen LogP contribution in [-0.4, -0.2) is 28.6 Å². The molecule has 1 heterocycles. The summed E-state index contributed by atoms with van der Waals surface area (Å²) in [6.45, 7) is 12.1. The fourth-order valence-electron chi connectivity index (χ4n) is 3.11. The van der Waals surface area contributed by atoms with Gasteiger partial charge in [-0.2, -0.15) is 10.5 Å². The Morgan fingerprint density at radius 2 is 1.61 bits per heavy atom. The fourth-order valence-corrected chi connectivity index (χ4v) is 3.11. The van der Waals surface area contributed by atoms with Crippen LogP contribution in [0.2, 0.25) is 0 Å². The maximum atomic E-state index is 9.56. The number of nitrogens with zero attached hydrogens (tertiary/aromatic N) is 3. The molecule has 1 aliphatic rings. The van der Waals surface area contributed by atoms with Crippen LogP contribution < -0.4 is 5.32 Å². The molecule has 1 aliphatic heterocycles. The van der Waals surface area contributed by atoms with Crippen LogP contribution in [0.4, 0.5) is 0 Å². The summed E-state index contributed by atoms with van der Waals surface area (Å²) >= 11 is 0. The normalized spacial score (nSPS) is 24.6. The van der Waals surface area contributed by atoms with Crippen molar-refractivity contribution in [3.05, 3.63) is 12.3 Å². The molecule has 0 aromatic heterocycles. The van der Waals surface area contributed by atoms with Crippen LogP contribution in [0.15, 0.2) is 12.3 Å². The summed E-state index contributed by atoms with van der Waals surface area (Å²) in [4.78, 5) is 2.30. The van der Waals surface area contributed by atoms with Crippen molar-refractivity contribution in [2.45, 2.75) is 57.2 Å². The molecule has 0 spiro atoms. The maximum absolute atomic E-state index is 9.56. The van der Waals surface area contributed by atoms with Crippen molar-refractivity contribution in [1.29, 1.82) is 10.5 Å². The van der Waals surface area contributed by atoms with Gasteiger partial charge in [-0.05, 0) is 34.7 Å². The summed E-state index contributed by atoms with van der Waals surface area (Å²) in [5.41, 5.74) is -0.681. The highest BCUT2D eigenvalue weighted by Gasteiger charge is 2.51. The molecule has 98 valence electrons. The summed E-state index contributed by atoms with van der Waals surface area (Å²) in [6.07, 6.45) is 1.33. The van der Waals surface area contributed by atoms with Gasteiger partial charge in [0.1, 0.15) is 17.3 Å². The van der Waals surface area contributed by atoms with E-state index in [1.165, 1.54) is 0 Å². The first-order valence-corrected chi connectivity index (χ1v) is 6.11. The monoisotopic (exact) mass is 246 g/mol. The highest BCUT2D eigenvalue weighted by Crippen LogP contribution is 2.42. The molecule has 0 radical (unpaired) electrons. The highest BCUT2D eigenvalue weighted by molar-refractivity contribution is 5.26. The number of nitriles is 2. The van der Waals surface area contributed by atoms with E-state index in [0.29, 0.717) is 12.8 Å². The number of rotatable bonds is 2. The molecule has 0 amide bonds. The molecule has 1 saturated heterocycles. The minimum absolute atomic E-state index is 0.111. The van der Waals surface area contributed by atoms with E-state index in [9.17, 15) is 5.26 Å². The maximum Gasteiger partial charge on any atom is 0.129 e. The van der Waals surface area contributed by atoms with Gasteiger partial charge in [0.15, 0.2) is 0 Å². The lowest BCUT2D eigenvalue weighted by Crippen LogP contribution is -2.66. The average Bonchev–Trinajstić information content (AvgIpc) is 2.25. The molecular weight excluding hydrogens is 224 g/mol. The van der Waals surface area contributed by atoms with Gasteiger partial charge in [-0.15, -0.1) is 0 Å². The van der Waals surface area contributed by atoms with Gasteiger partial charge in [-0.1, -0.05) is 6.58 Å². The fraction of sp³-hybridized carbons (Fsp3) is 0.714. The smallest absolute Gasteiger partial charge is 0.129 e. The lowest BCUT2D eigenvalue weighted by Gasteiger charge is -2.56. The molecule has 4 nitrogen and oxygen atoms in total. The van der Waals surface area contributed by atoms with E-state index in [-0.39, 0.29) is 16.8 Å². The number of hydrogen-bond acceptors (Lipinski definition) is 4. The van der Waals surface area contributed by atoms with Crippen LogP contribution >= 0.6 is 0 Å². The van der Waals surface area contributed by atoms with E-state index in [1.807, 2.05) is 6.07 Å². The van der Waals surface area contributed by atoms with Crippen molar-refractivity contribution >= 4 is 0 Å². The Bertz CT molecular complexity index is 416. The Balaban J connectivity index is 3.14. The first-order valence-electron chi connectivity index (χ1n) is 6.11. The Morgan fingerprint density at radius 1 is 1.17 bits per heavy atom. The summed E-state index contributed by atoms with van der Waals surface area (Å²) in [5.74, 6) is 0. The van der Waals surface area contributed by atoms with Gasteiger partial charge in [-0.25, -0.2) is 0 Å². The summed E-state index contributed by atoms with van der Waals surface area (Å²) < 4.78 is 0. The van der Waals surface area contributed by atoms with E-state index < -0.39 is 5.54 Å².